The molecule has 0 aromatic heterocycles. The third kappa shape index (κ3) is 4.91. The summed E-state index contributed by atoms with van der Waals surface area (Å²) in [6.07, 6.45) is 11.1. The fourth-order valence-electron chi connectivity index (χ4n) is 9.93. The van der Waals surface area contributed by atoms with Gasteiger partial charge in [0.2, 0.25) is 0 Å². The molecule has 0 N–H and O–H groups in total. The molecule has 3 aliphatic rings. The van der Waals surface area contributed by atoms with Crippen LogP contribution >= 0.6 is 0 Å². The number of para-hydroxylation sites is 1. The van der Waals surface area contributed by atoms with Gasteiger partial charge in [-0.25, -0.2) is 0 Å². The molecule has 0 aliphatic heterocycles. The molecule has 1 spiro atoms. The van der Waals surface area contributed by atoms with Gasteiger partial charge in [-0.3, -0.25) is 0 Å². The van der Waals surface area contributed by atoms with Crippen molar-refractivity contribution in [3.63, 3.8) is 0 Å². The zero-order chi connectivity index (χ0) is 32.8. The number of allylic oxidation sites excluding steroid dienone is 4. The maximum atomic E-state index is 3.97. The normalized spacial score (nSPS) is 24.1. The van der Waals surface area contributed by atoms with Gasteiger partial charge in [-0.2, -0.15) is 0 Å². The first-order valence-corrected chi connectivity index (χ1v) is 17.8. The number of nitrogens with zero attached hydrogens (tertiary/aromatic N) is 1. The summed E-state index contributed by atoms with van der Waals surface area (Å²) in [5.41, 5.74) is 14.3. The van der Waals surface area contributed by atoms with Crippen LogP contribution in [0.25, 0.3) is 27.8 Å². The van der Waals surface area contributed by atoms with Gasteiger partial charge in [0, 0.05) is 22.5 Å². The maximum Gasteiger partial charge on any atom is 0.0465 e. The summed E-state index contributed by atoms with van der Waals surface area (Å²) in [6, 6.07) is 45.3. The van der Waals surface area contributed by atoms with Gasteiger partial charge in [-0.05, 0) is 130 Å². The number of rotatable bonds is 7. The summed E-state index contributed by atoms with van der Waals surface area (Å²) in [4.78, 5) is 2.44. The van der Waals surface area contributed by atoms with Crippen LogP contribution in [0.5, 0.6) is 0 Å². The summed E-state index contributed by atoms with van der Waals surface area (Å²) in [6.45, 7) is 12.9. The topological polar surface area (TPSA) is 3.24 Å². The summed E-state index contributed by atoms with van der Waals surface area (Å²) in [5, 5.41) is 0. The van der Waals surface area contributed by atoms with E-state index in [2.05, 4.69) is 153 Å². The Balaban J connectivity index is 1.22. The van der Waals surface area contributed by atoms with E-state index in [0.29, 0.717) is 11.8 Å². The number of benzene rings is 5. The van der Waals surface area contributed by atoms with Gasteiger partial charge in [-0.1, -0.05) is 130 Å². The molecule has 3 aliphatic carbocycles. The fourth-order valence-corrected chi connectivity index (χ4v) is 9.93. The Labute approximate surface area is 287 Å². The Morgan fingerprint density at radius 3 is 2.02 bits per heavy atom. The average Bonchev–Trinajstić information content (AvgIpc) is 3.41. The molecule has 2 saturated carbocycles. The first kappa shape index (κ1) is 30.5. The molecule has 0 saturated heterocycles. The molecule has 238 valence electrons. The smallest absolute Gasteiger partial charge is 0.0465 e. The molecule has 2 bridgehead atoms. The Morgan fingerprint density at radius 2 is 1.29 bits per heavy atom. The van der Waals surface area contributed by atoms with E-state index in [1.165, 1.54) is 59.3 Å². The van der Waals surface area contributed by atoms with Crippen molar-refractivity contribution >= 4 is 22.6 Å². The quantitative estimate of drug-likeness (QED) is 0.163. The highest BCUT2D eigenvalue weighted by molar-refractivity contribution is 5.87. The van der Waals surface area contributed by atoms with E-state index in [1.807, 2.05) is 18.2 Å². The Kier molecular flexibility index (Phi) is 7.80. The molecule has 5 aromatic carbocycles. The molecular formula is C47H45N. The highest BCUT2D eigenvalue weighted by Crippen LogP contribution is 2.65. The molecule has 5 atom stereocenters. The summed E-state index contributed by atoms with van der Waals surface area (Å²) >= 11 is 0. The monoisotopic (exact) mass is 623 g/mol. The Morgan fingerprint density at radius 1 is 0.646 bits per heavy atom. The van der Waals surface area contributed by atoms with Crippen LogP contribution < -0.4 is 4.90 Å². The van der Waals surface area contributed by atoms with Crippen molar-refractivity contribution in [2.24, 2.45) is 23.7 Å². The van der Waals surface area contributed by atoms with Crippen LogP contribution in [-0.2, 0) is 5.41 Å². The molecule has 5 aromatic rings. The van der Waals surface area contributed by atoms with E-state index >= 15 is 0 Å². The molecule has 5 unspecified atom stereocenters. The molecule has 8 rings (SSSR count). The van der Waals surface area contributed by atoms with E-state index in [0.717, 1.165) is 28.7 Å². The number of anilines is 3. The van der Waals surface area contributed by atoms with Gasteiger partial charge >= 0.3 is 0 Å². The summed E-state index contributed by atoms with van der Waals surface area (Å²) in [7, 11) is 0. The standard InChI is InChI=1S/C47H45N/c1-5-12-35(6-2)36-17-19-37(20-18-36)38-21-23-41(24-22-38)48(40-13-8-7-9-14-40)42-25-26-44-43-15-10-11-16-45(43)47(46(44)31-42)33(4)29-34-27-32(3)28-39(47)30-34/h5-26,31-34,39H,1-2,27-30H2,3-4H3/b35-12+. The lowest BCUT2D eigenvalue weighted by molar-refractivity contribution is 0.0426. The average molecular weight is 624 g/mol. The second kappa shape index (κ2) is 12.3. The van der Waals surface area contributed by atoms with Crippen LogP contribution in [0.2, 0.25) is 0 Å². The predicted octanol–water partition coefficient (Wildman–Crippen LogP) is 12.9. The van der Waals surface area contributed by atoms with Crippen molar-refractivity contribution < 1.29 is 0 Å². The van der Waals surface area contributed by atoms with Crippen LogP contribution in [0, 0.1) is 23.7 Å². The third-order valence-corrected chi connectivity index (χ3v) is 11.7. The second-order valence-corrected chi connectivity index (χ2v) is 14.5. The molecule has 1 nitrogen and oxygen atoms in total. The fraction of sp³-hybridized carbons (Fsp3) is 0.234. The Bertz CT molecular complexity index is 1990. The highest BCUT2D eigenvalue weighted by atomic mass is 15.1. The molecule has 0 radical (unpaired) electrons. The van der Waals surface area contributed by atoms with E-state index in [1.54, 1.807) is 11.1 Å². The van der Waals surface area contributed by atoms with Crippen LogP contribution in [-0.4, -0.2) is 0 Å². The highest BCUT2D eigenvalue weighted by Gasteiger charge is 2.56. The summed E-state index contributed by atoms with van der Waals surface area (Å²) < 4.78 is 0. The van der Waals surface area contributed by atoms with Crippen molar-refractivity contribution in [1.29, 1.82) is 0 Å². The zero-order valence-electron chi connectivity index (χ0n) is 28.3. The summed E-state index contributed by atoms with van der Waals surface area (Å²) in [5.74, 6) is 2.94. The van der Waals surface area contributed by atoms with Crippen LogP contribution in [0.3, 0.4) is 0 Å². The van der Waals surface area contributed by atoms with Crippen molar-refractivity contribution in [1.82, 2.24) is 0 Å². The second-order valence-electron chi connectivity index (χ2n) is 14.5. The first-order valence-electron chi connectivity index (χ1n) is 17.8. The van der Waals surface area contributed by atoms with Crippen molar-refractivity contribution in [2.75, 3.05) is 4.90 Å². The van der Waals surface area contributed by atoms with Crippen LogP contribution in [0.15, 0.2) is 153 Å². The lowest BCUT2D eigenvalue weighted by atomic mass is 9.49. The number of hydrogen-bond donors (Lipinski definition) is 0. The predicted molar refractivity (Wildman–Crippen MR) is 205 cm³/mol. The van der Waals surface area contributed by atoms with E-state index < -0.39 is 0 Å². The molecule has 2 fully saturated rings. The van der Waals surface area contributed by atoms with E-state index in [4.69, 9.17) is 0 Å². The largest absolute Gasteiger partial charge is 0.310 e. The number of fused-ring (bicyclic) bond motifs is 8. The minimum absolute atomic E-state index is 0.0673. The SMILES string of the molecule is C=C/C=C(\C=C)c1ccc(-c2ccc(N(c3ccccc3)c3ccc4c(c3)C3(c5ccccc5-4)C(C)CC4CC(C)CC3C4)cc2)cc1. The van der Waals surface area contributed by atoms with Crippen molar-refractivity contribution in [3.05, 3.63) is 169 Å². The minimum Gasteiger partial charge on any atom is -0.310 e. The zero-order valence-corrected chi connectivity index (χ0v) is 28.3. The van der Waals surface area contributed by atoms with Crippen LogP contribution in [0.1, 0.15) is 56.2 Å². The lowest BCUT2D eigenvalue weighted by Crippen LogP contribution is -2.49. The third-order valence-electron chi connectivity index (χ3n) is 11.7. The van der Waals surface area contributed by atoms with Crippen LogP contribution in [0.4, 0.5) is 17.1 Å². The van der Waals surface area contributed by atoms with Gasteiger partial charge in [0.1, 0.15) is 0 Å². The molecular weight excluding hydrogens is 579 g/mol. The first-order chi connectivity index (χ1) is 23.5. The molecule has 48 heavy (non-hydrogen) atoms. The lowest BCUT2D eigenvalue weighted by Gasteiger charge is -2.54. The van der Waals surface area contributed by atoms with E-state index in [9.17, 15) is 0 Å². The Hall–Kier alpha value is -4.88. The molecule has 0 heterocycles. The van der Waals surface area contributed by atoms with E-state index in [-0.39, 0.29) is 5.41 Å². The minimum atomic E-state index is 0.0673. The molecule has 0 amide bonds. The van der Waals surface area contributed by atoms with Gasteiger partial charge in [-0.15, -0.1) is 0 Å². The van der Waals surface area contributed by atoms with Gasteiger partial charge in [0.05, 0.1) is 0 Å². The van der Waals surface area contributed by atoms with Gasteiger partial charge < -0.3 is 4.90 Å². The molecule has 1 heteroatoms. The maximum absolute atomic E-state index is 3.97. The van der Waals surface area contributed by atoms with Crippen molar-refractivity contribution in [2.45, 2.75) is 44.9 Å². The van der Waals surface area contributed by atoms with Gasteiger partial charge in [0.25, 0.3) is 0 Å². The van der Waals surface area contributed by atoms with Crippen molar-refractivity contribution in [3.8, 4) is 22.3 Å². The van der Waals surface area contributed by atoms with Gasteiger partial charge in [0.15, 0.2) is 0 Å². The number of hydrogen-bond acceptors (Lipinski definition) is 1.